The fourth-order valence-corrected chi connectivity index (χ4v) is 8.04. The summed E-state index contributed by atoms with van der Waals surface area (Å²) in [5.74, 6) is 0.667. The molecule has 1 saturated carbocycles. The molecule has 6 fully saturated rings. The Labute approximate surface area is 177 Å². The van der Waals surface area contributed by atoms with Gasteiger partial charge in [0.25, 0.3) is 0 Å². The van der Waals surface area contributed by atoms with E-state index >= 15 is 0 Å². The summed E-state index contributed by atoms with van der Waals surface area (Å²) in [5.41, 5.74) is -0.563. The first-order valence-electron chi connectivity index (χ1n) is 12.3. The van der Waals surface area contributed by atoms with Crippen molar-refractivity contribution in [3.8, 4) is 0 Å². The second kappa shape index (κ2) is 6.32. The Hall–Kier alpha value is -1.40. The molecule has 0 radical (unpaired) electrons. The third-order valence-corrected chi connectivity index (χ3v) is 9.44. The van der Waals surface area contributed by atoms with Gasteiger partial charge in [-0.05, 0) is 25.7 Å². The standard InChI is InChI=1S/C24H32N2O4/c27-22(25-11-15-16(12-25)18-8-7-17(15)29-18)20-19-9-10-24(30-19)13-26(23(28)21(20)24)14-5-3-1-2-4-6-14/h9-10,14-21H,1-8,11-13H2/t15-,16+,17+,18-,19-,20+,21-,24-/m0/s1. The molecule has 0 N–H and O–H groups in total. The van der Waals surface area contributed by atoms with E-state index in [1.807, 2.05) is 0 Å². The van der Waals surface area contributed by atoms with Gasteiger partial charge in [-0.2, -0.15) is 0 Å². The lowest BCUT2D eigenvalue weighted by molar-refractivity contribution is -0.144. The molecule has 4 bridgehead atoms. The van der Waals surface area contributed by atoms with E-state index in [1.54, 1.807) is 0 Å². The van der Waals surface area contributed by atoms with Crippen LogP contribution in [0.1, 0.15) is 51.4 Å². The molecule has 1 spiro atoms. The normalized spacial score (nSPS) is 49.2. The van der Waals surface area contributed by atoms with Gasteiger partial charge in [0.2, 0.25) is 11.8 Å². The van der Waals surface area contributed by atoms with Crippen LogP contribution in [0.4, 0.5) is 0 Å². The van der Waals surface area contributed by atoms with Crippen molar-refractivity contribution >= 4 is 11.8 Å². The van der Waals surface area contributed by atoms with E-state index in [0.717, 1.165) is 38.8 Å². The number of carbonyl (C=O) groups excluding carboxylic acids is 2. The maximum atomic E-state index is 13.7. The molecule has 7 aliphatic rings. The van der Waals surface area contributed by atoms with E-state index in [4.69, 9.17) is 9.47 Å². The van der Waals surface area contributed by atoms with Crippen LogP contribution in [0.25, 0.3) is 0 Å². The monoisotopic (exact) mass is 412 g/mol. The summed E-state index contributed by atoms with van der Waals surface area (Å²) in [5, 5.41) is 0. The van der Waals surface area contributed by atoms with Crippen LogP contribution in [0.3, 0.4) is 0 Å². The molecule has 1 aliphatic carbocycles. The summed E-state index contributed by atoms with van der Waals surface area (Å²) in [6, 6.07) is 0.325. The van der Waals surface area contributed by atoms with Crippen molar-refractivity contribution in [1.29, 1.82) is 0 Å². The highest BCUT2D eigenvalue weighted by Gasteiger charge is 2.68. The largest absolute Gasteiger partial charge is 0.374 e. The number of ether oxygens (including phenoxy) is 2. The maximum absolute atomic E-state index is 13.7. The zero-order chi connectivity index (χ0) is 20.0. The number of likely N-dealkylation sites (tertiary alicyclic amines) is 2. The molecule has 5 saturated heterocycles. The number of fused-ring (bicyclic) bond motifs is 6. The lowest BCUT2D eigenvalue weighted by atomic mass is 9.76. The van der Waals surface area contributed by atoms with Crippen LogP contribution in [-0.2, 0) is 19.1 Å². The van der Waals surface area contributed by atoms with Gasteiger partial charge < -0.3 is 19.3 Å². The Morgan fingerprint density at radius 3 is 2.40 bits per heavy atom. The summed E-state index contributed by atoms with van der Waals surface area (Å²) in [6.45, 7) is 2.25. The van der Waals surface area contributed by atoms with E-state index in [0.29, 0.717) is 36.6 Å². The van der Waals surface area contributed by atoms with Crippen molar-refractivity contribution in [3.63, 3.8) is 0 Å². The van der Waals surface area contributed by atoms with Gasteiger partial charge in [0.15, 0.2) is 0 Å². The van der Waals surface area contributed by atoms with Crippen LogP contribution in [0, 0.1) is 23.7 Å². The number of carbonyl (C=O) groups is 2. The van der Waals surface area contributed by atoms with Crippen molar-refractivity contribution in [2.45, 2.75) is 81.3 Å². The zero-order valence-electron chi connectivity index (χ0n) is 17.6. The molecule has 0 unspecified atom stereocenters. The molecule has 2 amide bonds. The van der Waals surface area contributed by atoms with E-state index in [2.05, 4.69) is 22.0 Å². The number of rotatable bonds is 2. The van der Waals surface area contributed by atoms with Crippen molar-refractivity contribution in [1.82, 2.24) is 9.80 Å². The first kappa shape index (κ1) is 18.2. The molecule has 162 valence electrons. The number of hydrogen-bond donors (Lipinski definition) is 0. The highest BCUT2D eigenvalue weighted by molar-refractivity contribution is 5.93. The highest BCUT2D eigenvalue weighted by Crippen LogP contribution is 2.54. The number of amides is 2. The van der Waals surface area contributed by atoms with Gasteiger partial charge in [-0.1, -0.05) is 37.8 Å². The predicted molar refractivity (Wildman–Crippen MR) is 108 cm³/mol. The topological polar surface area (TPSA) is 59.1 Å². The predicted octanol–water partition coefficient (Wildman–Crippen LogP) is 2.13. The third kappa shape index (κ3) is 2.32. The zero-order valence-corrected chi connectivity index (χ0v) is 17.6. The molecule has 6 heterocycles. The van der Waals surface area contributed by atoms with Crippen LogP contribution in [0.15, 0.2) is 12.2 Å². The summed E-state index contributed by atoms with van der Waals surface area (Å²) in [6.07, 6.45) is 14.1. The summed E-state index contributed by atoms with van der Waals surface area (Å²) in [7, 11) is 0. The minimum absolute atomic E-state index is 0.154. The third-order valence-electron chi connectivity index (χ3n) is 9.44. The van der Waals surface area contributed by atoms with Gasteiger partial charge >= 0.3 is 0 Å². The van der Waals surface area contributed by atoms with Crippen molar-refractivity contribution < 1.29 is 19.1 Å². The second-order valence-electron chi connectivity index (χ2n) is 10.9. The number of nitrogens with zero attached hydrogens (tertiary/aromatic N) is 2. The van der Waals surface area contributed by atoms with Gasteiger partial charge in [-0.3, -0.25) is 9.59 Å². The Bertz CT molecular complexity index is 787. The van der Waals surface area contributed by atoms with Gasteiger partial charge in [-0.15, -0.1) is 0 Å². The molecule has 6 aliphatic heterocycles. The van der Waals surface area contributed by atoms with Gasteiger partial charge in [0, 0.05) is 31.0 Å². The van der Waals surface area contributed by atoms with Crippen LogP contribution in [0.5, 0.6) is 0 Å². The molecule has 8 atom stereocenters. The molecule has 0 aromatic heterocycles. The van der Waals surface area contributed by atoms with E-state index < -0.39 is 5.60 Å². The lowest BCUT2D eigenvalue weighted by Crippen LogP contribution is -2.46. The van der Waals surface area contributed by atoms with Gasteiger partial charge in [-0.25, -0.2) is 0 Å². The highest BCUT2D eigenvalue weighted by atomic mass is 16.5. The van der Waals surface area contributed by atoms with Gasteiger partial charge in [0.05, 0.1) is 36.7 Å². The van der Waals surface area contributed by atoms with E-state index in [9.17, 15) is 9.59 Å². The Morgan fingerprint density at radius 2 is 1.70 bits per heavy atom. The minimum Gasteiger partial charge on any atom is -0.374 e. The molecular formula is C24H32N2O4. The summed E-state index contributed by atoms with van der Waals surface area (Å²) >= 11 is 0. The van der Waals surface area contributed by atoms with Crippen molar-refractivity contribution in [2.24, 2.45) is 23.7 Å². The van der Waals surface area contributed by atoms with Crippen LogP contribution < -0.4 is 0 Å². The molecule has 6 nitrogen and oxygen atoms in total. The summed E-state index contributed by atoms with van der Waals surface area (Å²) < 4.78 is 12.5. The fraction of sp³-hybridized carbons (Fsp3) is 0.833. The second-order valence-corrected chi connectivity index (χ2v) is 10.9. The Kier molecular flexibility index (Phi) is 3.83. The average Bonchev–Trinajstić information content (AvgIpc) is 3.54. The van der Waals surface area contributed by atoms with E-state index in [1.165, 1.54) is 25.7 Å². The van der Waals surface area contributed by atoms with Crippen LogP contribution in [0.2, 0.25) is 0 Å². The van der Waals surface area contributed by atoms with E-state index in [-0.39, 0.29) is 29.8 Å². The minimum atomic E-state index is -0.563. The fourth-order valence-electron chi connectivity index (χ4n) is 8.04. The smallest absolute Gasteiger partial charge is 0.230 e. The molecule has 7 rings (SSSR count). The Balaban J connectivity index is 1.13. The van der Waals surface area contributed by atoms with Crippen molar-refractivity contribution in [2.75, 3.05) is 19.6 Å². The van der Waals surface area contributed by atoms with Crippen LogP contribution in [-0.4, -0.2) is 71.2 Å². The van der Waals surface area contributed by atoms with Crippen LogP contribution >= 0.6 is 0 Å². The van der Waals surface area contributed by atoms with Crippen molar-refractivity contribution in [3.05, 3.63) is 12.2 Å². The molecule has 30 heavy (non-hydrogen) atoms. The van der Waals surface area contributed by atoms with Gasteiger partial charge in [0.1, 0.15) is 5.60 Å². The first-order chi connectivity index (χ1) is 14.6. The number of hydrogen-bond acceptors (Lipinski definition) is 4. The quantitative estimate of drug-likeness (QED) is 0.515. The average molecular weight is 413 g/mol. The summed E-state index contributed by atoms with van der Waals surface area (Å²) in [4.78, 5) is 31.5. The maximum Gasteiger partial charge on any atom is 0.230 e. The Morgan fingerprint density at radius 1 is 1.00 bits per heavy atom. The lowest BCUT2D eigenvalue weighted by Gasteiger charge is -2.30. The molecule has 0 aromatic carbocycles. The first-order valence-corrected chi connectivity index (χ1v) is 12.3. The molecular weight excluding hydrogens is 380 g/mol. The molecule has 0 aromatic rings. The SMILES string of the molecule is O=C([C@@H]1[C@@H]2C=C[C@@]3(CN(C4CCCCCC4)C(=O)[C@H]13)O2)N1C[C@@H]2[C@H](C1)[C@H]1CC[C@@H]2O1. The molecule has 6 heteroatoms.